The van der Waals surface area contributed by atoms with Gasteiger partial charge in [-0.05, 0) is 0 Å². The minimum absolute atomic E-state index is 0. The Hall–Kier alpha value is -2.10. The maximum Gasteiger partial charge on any atom is -1.00 e. The van der Waals surface area contributed by atoms with Gasteiger partial charge in [0.15, 0.2) is 0 Å². The fourth-order valence-electron chi connectivity index (χ4n) is 5.61. The van der Waals surface area contributed by atoms with E-state index in [9.17, 15) is 0 Å². The Bertz CT molecular complexity index is 1490. The van der Waals surface area contributed by atoms with Crippen LogP contribution in [0.25, 0.3) is 16.7 Å². The van der Waals surface area contributed by atoms with Gasteiger partial charge in [-0.3, -0.25) is 0 Å². The zero-order valence-corrected chi connectivity index (χ0v) is 28.1. The Balaban J connectivity index is 0.00000168. The number of hydrogen-bond acceptors (Lipinski definition) is 0. The minimum atomic E-state index is -1.40. The van der Waals surface area contributed by atoms with Crippen molar-refractivity contribution in [1.82, 2.24) is 0 Å². The molecule has 1 unspecified atom stereocenters. The molecule has 0 bridgehead atoms. The molecular formula is C34H31Cl2HfSi. The van der Waals surface area contributed by atoms with Crippen LogP contribution in [-0.4, -0.2) is 11.3 Å². The van der Waals surface area contributed by atoms with E-state index in [1.807, 2.05) is 0 Å². The molecule has 4 heteroatoms. The molecule has 6 rings (SSSR count). The third-order valence-corrected chi connectivity index (χ3v) is 15.8. The van der Waals surface area contributed by atoms with Crippen LogP contribution in [0.2, 0.25) is 19.6 Å². The average molecular weight is 717 g/mol. The second-order valence-corrected chi connectivity index (χ2v) is 20.8. The largest absolute Gasteiger partial charge is 1.00 e. The van der Waals surface area contributed by atoms with Crippen molar-refractivity contribution < 1.29 is 47.2 Å². The molecule has 0 N–H and O–H groups in total. The number of rotatable bonds is 5. The molecule has 0 radical (unpaired) electrons. The second-order valence-electron chi connectivity index (χ2n) is 10.8. The van der Waals surface area contributed by atoms with Gasteiger partial charge in [0.2, 0.25) is 0 Å². The number of benzene rings is 4. The van der Waals surface area contributed by atoms with E-state index >= 15 is 0 Å². The van der Waals surface area contributed by atoms with Crippen molar-refractivity contribution in [2.45, 2.75) is 29.7 Å². The molecule has 0 aromatic heterocycles. The Morgan fingerprint density at radius 1 is 0.658 bits per heavy atom. The van der Waals surface area contributed by atoms with Crippen LogP contribution in [0.1, 0.15) is 37.9 Å². The van der Waals surface area contributed by atoms with Crippen LogP contribution < -0.4 is 24.8 Å². The molecule has 0 fully saturated rings. The summed E-state index contributed by atoms with van der Waals surface area (Å²) in [6, 6.07) is 38.5. The molecule has 2 aliphatic carbocycles. The van der Waals surface area contributed by atoms with Crippen LogP contribution in [0.15, 0.2) is 120 Å². The Labute approximate surface area is 251 Å². The molecule has 4 aromatic rings. The zero-order chi connectivity index (χ0) is 24.7. The molecule has 189 valence electrons. The number of hydrogen-bond donors (Lipinski definition) is 0. The van der Waals surface area contributed by atoms with Crippen LogP contribution in [-0.2, 0) is 22.4 Å². The van der Waals surface area contributed by atoms with E-state index in [1.54, 1.807) is 19.6 Å². The van der Waals surface area contributed by atoms with Crippen molar-refractivity contribution in [3.8, 4) is 11.1 Å². The van der Waals surface area contributed by atoms with E-state index in [0.29, 0.717) is 3.67 Å². The molecular weight excluding hydrogens is 686 g/mol. The summed E-state index contributed by atoms with van der Waals surface area (Å²) in [6.07, 6.45) is 6.11. The smallest absolute Gasteiger partial charge is 1.00 e. The normalized spacial score (nSPS) is 15.2. The van der Waals surface area contributed by atoms with Crippen molar-refractivity contribution >= 4 is 16.9 Å². The molecule has 0 nitrogen and oxygen atoms in total. The van der Waals surface area contributed by atoms with E-state index in [-0.39, 0.29) is 24.8 Å². The summed E-state index contributed by atoms with van der Waals surface area (Å²) in [5, 5.41) is 1.60. The van der Waals surface area contributed by atoms with Gasteiger partial charge in [0.1, 0.15) is 0 Å². The standard InChI is InChI=1S/C21H21Si.C13H10.2ClH.Hf/c1-22(2,3)17-12-11-16(13-17)19-9-6-10-20-18-8-5-4-7-15(18)14-21(19)20;1-3-7-12(8-4-1)11-13-9-5-2-6-10-13;;;/h4-10,12-14H,11H2,1-3H3;1-10H;2*1H;/q;;;;+2/p-2. The fraction of sp³-hybridized carbons (Fsp3) is 0.147. The molecule has 0 heterocycles. The van der Waals surface area contributed by atoms with E-state index < -0.39 is 30.5 Å². The van der Waals surface area contributed by atoms with Crippen molar-refractivity contribution in [3.63, 3.8) is 0 Å². The minimum Gasteiger partial charge on any atom is -1.00 e. The predicted octanol–water partition coefficient (Wildman–Crippen LogP) is 2.71. The summed E-state index contributed by atoms with van der Waals surface area (Å²) in [5.74, 6) is 0. The summed E-state index contributed by atoms with van der Waals surface area (Å²) in [4.78, 5) is 0. The van der Waals surface area contributed by atoms with Gasteiger partial charge < -0.3 is 24.8 Å². The monoisotopic (exact) mass is 717 g/mol. The maximum atomic E-state index is 2.54. The van der Waals surface area contributed by atoms with Gasteiger partial charge in [-0.2, -0.15) is 0 Å². The topological polar surface area (TPSA) is 0 Å². The molecule has 0 saturated heterocycles. The number of fused-ring (bicyclic) bond motifs is 3. The molecule has 0 amide bonds. The van der Waals surface area contributed by atoms with Gasteiger partial charge in [0.25, 0.3) is 0 Å². The van der Waals surface area contributed by atoms with Crippen LogP contribution in [0.4, 0.5) is 0 Å². The van der Waals surface area contributed by atoms with E-state index in [0.717, 1.165) is 6.42 Å². The first-order valence-electron chi connectivity index (χ1n) is 12.9. The molecule has 0 saturated carbocycles. The van der Waals surface area contributed by atoms with Gasteiger partial charge in [-0.15, -0.1) is 0 Å². The maximum absolute atomic E-state index is 2.54. The van der Waals surface area contributed by atoms with Crippen LogP contribution >= 0.6 is 0 Å². The summed E-state index contributed by atoms with van der Waals surface area (Å²) < 4.78 is 2.14. The predicted molar refractivity (Wildman–Crippen MR) is 154 cm³/mol. The molecule has 2 aliphatic rings. The summed E-state index contributed by atoms with van der Waals surface area (Å²) in [7, 11) is -1.33. The van der Waals surface area contributed by atoms with Crippen molar-refractivity contribution in [1.29, 1.82) is 0 Å². The summed E-state index contributed by atoms with van der Waals surface area (Å²) >= 11 is -1.40. The zero-order valence-electron chi connectivity index (χ0n) is 22.0. The van der Waals surface area contributed by atoms with Gasteiger partial charge in [0, 0.05) is 0 Å². The van der Waals surface area contributed by atoms with Gasteiger partial charge in [0.05, 0.1) is 0 Å². The van der Waals surface area contributed by atoms with Gasteiger partial charge in [-0.25, -0.2) is 0 Å². The Kier molecular flexibility index (Phi) is 9.10. The molecule has 4 aromatic carbocycles. The van der Waals surface area contributed by atoms with Crippen LogP contribution in [0.5, 0.6) is 0 Å². The van der Waals surface area contributed by atoms with E-state index in [2.05, 4.69) is 135 Å². The van der Waals surface area contributed by atoms with Crippen LogP contribution in [0, 0.1) is 0 Å². The Morgan fingerprint density at radius 2 is 1.21 bits per heavy atom. The third kappa shape index (κ3) is 5.47. The van der Waals surface area contributed by atoms with E-state index in [4.69, 9.17) is 0 Å². The number of allylic oxidation sites excluding steroid dienone is 4. The van der Waals surface area contributed by atoms with Gasteiger partial charge >= 0.3 is 228 Å². The molecule has 0 aliphatic heterocycles. The van der Waals surface area contributed by atoms with Gasteiger partial charge in [-0.1, -0.05) is 0 Å². The molecule has 1 atom stereocenters. The summed E-state index contributed by atoms with van der Waals surface area (Å²) in [5.41, 5.74) is 11.9. The molecule has 0 spiro atoms. The number of halogens is 2. The quantitative estimate of drug-likeness (QED) is 0.279. The first-order chi connectivity index (χ1) is 17.5. The van der Waals surface area contributed by atoms with E-state index in [1.165, 1.54) is 33.4 Å². The third-order valence-electron chi connectivity index (χ3n) is 7.45. The van der Waals surface area contributed by atoms with Crippen LogP contribution in [0.3, 0.4) is 0 Å². The van der Waals surface area contributed by atoms with Crippen molar-refractivity contribution in [3.05, 3.63) is 148 Å². The average Bonchev–Trinajstić information content (AvgIpc) is 3.52. The second kappa shape index (κ2) is 12.0. The Morgan fingerprint density at radius 3 is 1.82 bits per heavy atom. The van der Waals surface area contributed by atoms with Crippen molar-refractivity contribution in [2.75, 3.05) is 0 Å². The first-order valence-corrected chi connectivity index (χ1v) is 20.3. The SMILES string of the molecule is C[Si](C)(C)C1=CCC(c2cccc3c2[CH]([Hf+2]=[C](c2ccccc2)c2ccccc2)c2ccccc2-3)=C1.[Cl-].[Cl-]. The summed E-state index contributed by atoms with van der Waals surface area (Å²) in [6.45, 7) is 7.38. The first kappa shape index (κ1) is 28.9. The van der Waals surface area contributed by atoms with Crippen molar-refractivity contribution in [2.24, 2.45) is 0 Å². The molecule has 38 heavy (non-hydrogen) atoms. The fourth-order valence-corrected chi connectivity index (χ4v) is 13.5.